The molecule has 2 aliphatic rings. The number of hydrogen-bond donors (Lipinski definition) is 0. The van der Waals surface area contributed by atoms with Crippen LogP contribution in [0, 0.1) is 5.41 Å². The highest BCUT2D eigenvalue weighted by atomic mass is 16.5. The van der Waals surface area contributed by atoms with Gasteiger partial charge >= 0.3 is 0 Å². The lowest BCUT2D eigenvalue weighted by Gasteiger charge is -2.43. The molecule has 0 atom stereocenters. The number of para-hydroxylation sites is 1. The van der Waals surface area contributed by atoms with Crippen LogP contribution in [-0.2, 0) is 17.8 Å². The normalized spacial score (nSPS) is 19.1. The molecule has 0 aliphatic carbocycles. The SMILES string of the molecule is CCCOc1ccc(CN2CCC3(CCCCc4ccccc4OCCN(C)C3=O)CC2)cc1OC. The van der Waals surface area contributed by atoms with E-state index in [-0.39, 0.29) is 5.41 Å². The van der Waals surface area contributed by atoms with Gasteiger partial charge in [-0.25, -0.2) is 0 Å². The third-order valence-electron chi connectivity index (χ3n) is 7.72. The van der Waals surface area contributed by atoms with Crippen LogP contribution in [0.3, 0.4) is 0 Å². The molecule has 0 unspecified atom stereocenters. The van der Waals surface area contributed by atoms with Crippen molar-refractivity contribution < 1.29 is 19.0 Å². The molecule has 36 heavy (non-hydrogen) atoms. The molecule has 4 rings (SSSR count). The Morgan fingerprint density at radius 2 is 1.81 bits per heavy atom. The van der Waals surface area contributed by atoms with E-state index in [2.05, 4.69) is 36.1 Å². The van der Waals surface area contributed by atoms with E-state index in [1.807, 2.05) is 30.1 Å². The Balaban J connectivity index is 1.39. The van der Waals surface area contributed by atoms with Gasteiger partial charge in [-0.3, -0.25) is 9.69 Å². The minimum Gasteiger partial charge on any atom is -0.493 e. The van der Waals surface area contributed by atoms with Gasteiger partial charge in [0.2, 0.25) is 5.91 Å². The fourth-order valence-electron chi connectivity index (χ4n) is 5.54. The Morgan fingerprint density at radius 1 is 1.00 bits per heavy atom. The summed E-state index contributed by atoms with van der Waals surface area (Å²) in [5.41, 5.74) is 2.22. The second-order valence-electron chi connectivity index (χ2n) is 10.3. The number of benzene rings is 2. The van der Waals surface area contributed by atoms with Crippen LogP contribution in [0.4, 0.5) is 0 Å². The van der Waals surface area contributed by atoms with E-state index in [0.29, 0.717) is 25.7 Å². The van der Waals surface area contributed by atoms with E-state index in [0.717, 1.165) is 81.8 Å². The van der Waals surface area contributed by atoms with E-state index in [1.54, 1.807) is 7.11 Å². The minimum absolute atomic E-state index is 0.264. The van der Waals surface area contributed by atoms with Crippen LogP contribution in [0.15, 0.2) is 42.5 Å². The van der Waals surface area contributed by atoms with Crippen LogP contribution in [-0.4, -0.2) is 62.7 Å². The van der Waals surface area contributed by atoms with E-state index >= 15 is 0 Å². The van der Waals surface area contributed by atoms with Crippen molar-refractivity contribution in [2.75, 3.05) is 47.0 Å². The topological polar surface area (TPSA) is 51.2 Å². The highest BCUT2D eigenvalue weighted by molar-refractivity contribution is 5.82. The first-order chi connectivity index (χ1) is 17.5. The summed E-state index contributed by atoms with van der Waals surface area (Å²) in [5, 5.41) is 0. The van der Waals surface area contributed by atoms with E-state index in [4.69, 9.17) is 14.2 Å². The zero-order chi connectivity index (χ0) is 25.4. The van der Waals surface area contributed by atoms with Gasteiger partial charge in [0, 0.05) is 13.6 Å². The van der Waals surface area contributed by atoms with Crippen LogP contribution in [0.5, 0.6) is 17.2 Å². The number of fused-ring (bicyclic) bond motifs is 1. The van der Waals surface area contributed by atoms with Gasteiger partial charge in [-0.05, 0) is 80.9 Å². The maximum absolute atomic E-state index is 13.7. The molecular weight excluding hydrogens is 452 g/mol. The first kappa shape index (κ1) is 26.3. The fraction of sp³-hybridized carbons (Fsp3) is 0.567. The largest absolute Gasteiger partial charge is 0.493 e. The van der Waals surface area contributed by atoms with Gasteiger partial charge in [-0.2, -0.15) is 0 Å². The Hall–Kier alpha value is -2.73. The number of carbonyl (C=O) groups is 1. The molecule has 1 fully saturated rings. The van der Waals surface area contributed by atoms with Gasteiger partial charge in [0.15, 0.2) is 11.5 Å². The van der Waals surface area contributed by atoms with Crippen LogP contribution in [0.25, 0.3) is 0 Å². The Kier molecular flexibility index (Phi) is 9.13. The molecule has 0 saturated carbocycles. The quantitative estimate of drug-likeness (QED) is 0.543. The van der Waals surface area contributed by atoms with Crippen LogP contribution in [0.1, 0.15) is 56.6 Å². The maximum Gasteiger partial charge on any atom is 0.228 e. The van der Waals surface area contributed by atoms with Gasteiger partial charge in [0.05, 0.1) is 25.7 Å². The van der Waals surface area contributed by atoms with Gasteiger partial charge in [-0.15, -0.1) is 0 Å². The van der Waals surface area contributed by atoms with Crippen molar-refractivity contribution in [1.29, 1.82) is 0 Å². The molecule has 1 amide bonds. The van der Waals surface area contributed by atoms with Crippen LogP contribution >= 0.6 is 0 Å². The van der Waals surface area contributed by atoms with Crippen molar-refractivity contribution in [3.63, 3.8) is 0 Å². The summed E-state index contributed by atoms with van der Waals surface area (Å²) in [6.07, 6.45) is 6.88. The summed E-state index contributed by atoms with van der Waals surface area (Å²) >= 11 is 0. The lowest BCUT2D eigenvalue weighted by atomic mass is 9.73. The average Bonchev–Trinajstić information content (AvgIpc) is 2.91. The number of nitrogens with zero attached hydrogens (tertiary/aromatic N) is 2. The highest BCUT2D eigenvalue weighted by Crippen LogP contribution is 2.40. The zero-order valence-corrected chi connectivity index (χ0v) is 22.3. The molecule has 0 radical (unpaired) electrons. The van der Waals surface area contributed by atoms with Crippen molar-refractivity contribution in [3.05, 3.63) is 53.6 Å². The molecule has 2 heterocycles. The molecule has 2 aliphatic heterocycles. The molecule has 6 nitrogen and oxygen atoms in total. The number of amides is 1. The minimum atomic E-state index is -0.264. The second-order valence-corrected chi connectivity index (χ2v) is 10.3. The Morgan fingerprint density at radius 3 is 2.58 bits per heavy atom. The summed E-state index contributed by atoms with van der Waals surface area (Å²) in [7, 11) is 3.63. The molecule has 0 bridgehead atoms. The predicted molar refractivity (Wildman–Crippen MR) is 143 cm³/mol. The third-order valence-corrected chi connectivity index (χ3v) is 7.72. The molecular formula is C30H42N2O4. The number of ether oxygens (including phenoxy) is 3. The van der Waals surface area contributed by atoms with Crippen molar-refractivity contribution in [3.8, 4) is 17.2 Å². The average molecular weight is 495 g/mol. The van der Waals surface area contributed by atoms with Crippen molar-refractivity contribution in [1.82, 2.24) is 9.80 Å². The summed E-state index contributed by atoms with van der Waals surface area (Å²) in [4.78, 5) is 18.0. The first-order valence-electron chi connectivity index (χ1n) is 13.5. The summed E-state index contributed by atoms with van der Waals surface area (Å²) in [6, 6.07) is 14.5. The predicted octanol–water partition coefficient (Wildman–Crippen LogP) is 5.33. The molecule has 196 valence electrons. The summed E-state index contributed by atoms with van der Waals surface area (Å²) < 4.78 is 17.4. The monoisotopic (exact) mass is 494 g/mol. The second kappa shape index (κ2) is 12.5. The Labute approximate surface area is 216 Å². The number of aryl methyl sites for hydroxylation is 1. The number of carbonyl (C=O) groups excluding carboxylic acids is 1. The number of hydrogen-bond acceptors (Lipinski definition) is 5. The summed E-state index contributed by atoms with van der Waals surface area (Å²) in [5.74, 6) is 2.84. The Bertz CT molecular complexity index is 1000. The third kappa shape index (κ3) is 6.33. The zero-order valence-electron chi connectivity index (χ0n) is 22.3. The van der Waals surface area contributed by atoms with Crippen molar-refractivity contribution in [2.24, 2.45) is 5.41 Å². The molecule has 6 heteroatoms. The number of piperidine rings is 1. The molecule has 2 aromatic rings. The van der Waals surface area contributed by atoms with Crippen LogP contribution in [0.2, 0.25) is 0 Å². The van der Waals surface area contributed by atoms with E-state index in [9.17, 15) is 4.79 Å². The number of rotatable bonds is 6. The molecule has 1 spiro atoms. The standard InChI is InChI=1S/C30H42N2O4/c1-4-20-35-27-13-12-24(22-28(27)34-3)23-32-17-15-30(16-18-32)14-8-7-10-25-9-5-6-11-26(25)36-21-19-31(2)29(30)33/h5-6,9,11-13,22H,4,7-8,10,14-21,23H2,1-3H3. The number of methoxy groups -OCH3 is 1. The van der Waals surface area contributed by atoms with Crippen molar-refractivity contribution in [2.45, 2.75) is 58.4 Å². The lowest BCUT2D eigenvalue weighted by molar-refractivity contribution is -0.145. The van der Waals surface area contributed by atoms with Gasteiger partial charge in [-0.1, -0.05) is 37.6 Å². The van der Waals surface area contributed by atoms with Gasteiger partial charge in [0.1, 0.15) is 12.4 Å². The molecule has 2 aromatic carbocycles. The van der Waals surface area contributed by atoms with E-state index < -0.39 is 0 Å². The highest BCUT2D eigenvalue weighted by Gasteiger charge is 2.42. The lowest BCUT2D eigenvalue weighted by Crippen LogP contribution is -2.50. The fourth-order valence-corrected chi connectivity index (χ4v) is 5.54. The molecule has 0 N–H and O–H groups in total. The first-order valence-corrected chi connectivity index (χ1v) is 13.5. The van der Waals surface area contributed by atoms with Gasteiger partial charge < -0.3 is 19.1 Å². The molecule has 0 aromatic heterocycles. The van der Waals surface area contributed by atoms with Gasteiger partial charge in [0.25, 0.3) is 0 Å². The maximum atomic E-state index is 13.7. The smallest absolute Gasteiger partial charge is 0.228 e. The van der Waals surface area contributed by atoms with Crippen LogP contribution < -0.4 is 14.2 Å². The number of likely N-dealkylation sites (N-methyl/N-ethyl adjacent to an activating group) is 1. The summed E-state index contributed by atoms with van der Waals surface area (Å²) in [6.45, 7) is 6.64. The van der Waals surface area contributed by atoms with Crippen molar-refractivity contribution >= 4 is 5.91 Å². The van der Waals surface area contributed by atoms with E-state index in [1.165, 1.54) is 11.1 Å². The molecule has 1 saturated heterocycles. The number of likely N-dealkylation sites (tertiary alicyclic amines) is 1.